The molecular formula is C18H20N2O4. The highest BCUT2D eigenvalue weighted by molar-refractivity contribution is 6.05. The van der Waals surface area contributed by atoms with Crippen molar-refractivity contribution in [1.29, 1.82) is 0 Å². The fourth-order valence-electron chi connectivity index (χ4n) is 3.38. The third-order valence-corrected chi connectivity index (χ3v) is 4.60. The number of fused-ring (bicyclic) bond motifs is 1. The lowest BCUT2D eigenvalue weighted by molar-refractivity contribution is -0.155. The van der Waals surface area contributed by atoms with Gasteiger partial charge in [-0.2, -0.15) is 0 Å². The highest BCUT2D eigenvalue weighted by Crippen LogP contribution is 2.32. The number of ether oxygens (including phenoxy) is 1. The summed E-state index contributed by atoms with van der Waals surface area (Å²) in [4.78, 5) is 30.7. The van der Waals surface area contributed by atoms with E-state index < -0.39 is 11.4 Å². The van der Waals surface area contributed by atoms with Crippen LogP contribution in [0.2, 0.25) is 0 Å². The van der Waals surface area contributed by atoms with Gasteiger partial charge in [0.15, 0.2) is 0 Å². The van der Waals surface area contributed by atoms with Crippen LogP contribution in [0.25, 0.3) is 10.9 Å². The summed E-state index contributed by atoms with van der Waals surface area (Å²) < 4.78 is 5.12. The molecule has 0 spiro atoms. The summed E-state index contributed by atoms with van der Waals surface area (Å²) >= 11 is 0. The first-order chi connectivity index (χ1) is 11.6. The molecule has 3 rings (SSSR count). The number of likely N-dealkylation sites (tertiary alicyclic amines) is 1. The van der Waals surface area contributed by atoms with Crippen LogP contribution in [-0.2, 0) is 9.53 Å². The Balaban J connectivity index is 1.93. The Morgan fingerprint density at radius 1 is 1.33 bits per heavy atom. The van der Waals surface area contributed by atoms with Gasteiger partial charge in [-0.05, 0) is 25.0 Å². The second-order valence-corrected chi connectivity index (χ2v) is 6.23. The van der Waals surface area contributed by atoms with E-state index in [-0.39, 0.29) is 19.1 Å². The molecule has 1 aliphatic heterocycles. The Morgan fingerprint density at radius 2 is 2.12 bits per heavy atom. The number of carbonyl (C=O) groups is 2. The molecule has 0 aliphatic carbocycles. The lowest BCUT2D eigenvalue weighted by atomic mass is 9.80. The second-order valence-electron chi connectivity index (χ2n) is 6.23. The minimum atomic E-state index is -1.04. The summed E-state index contributed by atoms with van der Waals surface area (Å²) in [5.74, 6) is -1.10. The first kappa shape index (κ1) is 16.4. The minimum Gasteiger partial charge on any atom is -0.481 e. The zero-order valence-electron chi connectivity index (χ0n) is 13.6. The van der Waals surface area contributed by atoms with Crippen LogP contribution in [0.3, 0.4) is 0 Å². The molecule has 24 heavy (non-hydrogen) atoms. The molecule has 1 aliphatic rings. The molecule has 0 bridgehead atoms. The number of aromatic nitrogens is 1. The molecule has 1 atom stereocenters. The number of aliphatic carboxylic acids is 1. The van der Waals surface area contributed by atoms with Crippen LogP contribution in [-0.4, -0.2) is 53.7 Å². The number of carboxylic acid groups (broad SMARTS) is 1. The summed E-state index contributed by atoms with van der Waals surface area (Å²) in [6.45, 7) is 0.791. The van der Waals surface area contributed by atoms with Crippen molar-refractivity contribution in [2.75, 3.05) is 26.8 Å². The molecule has 6 nitrogen and oxygen atoms in total. The van der Waals surface area contributed by atoms with Gasteiger partial charge >= 0.3 is 5.97 Å². The van der Waals surface area contributed by atoms with E-state index in [2.05, 4.69) is 4.98 Å². The van der Waals surface area contributed by atoms with Gasteiger partial charge in [-0.3, -0.25) is 14.6 Å². The lowest BCUT2D eigenvalue weighted by Gasteiger charge is -2.39. The van der Waals surface area contributed by atoms with Crippen LogP contribution in [0.4, 0.5) is 0 Å². The van der Waals surface area contributed by atoms with Gasteiger partial charge < -0.3 is 14.7 Å². The molecule has 1 unspecified atom stereocenters. The Labute approximate surface area is 140 Å². The molecule has 0 radical (unpaired) electrons. The van der Waals surface area contributed by atoms with Crippen molar-refractivity contribution < 1.29 is 19.4 Å². The summed E-state index contributed by atoms with van der Waals surface area (Å²) in [7, 11) is 1.49. The van der Waals surface area contributed by atoms with Crippen LogP contribution in [0.1, 0.15) is 23.2 Å². The Bertz CT molecular complexity index is 767. The predicted octanol–water partition coefficient (Wildman–Crippen LogP) is 2.19. The molecule has 1 amide bonds. The fraction of sp³-hybridized carbons (Fsp3) is 0.389. The number of carboxylic acids is 1. The zero-order valence-corrected chi connectivity index (χ0v) is 13.6. The molecule has 1 aromatic heterocycles. The number of rotatable bonds is 4. The van der Waals surface area contributed by atoms with Gasteiger partial charge in [0.1, 0.15) is 5.41 Å². The largest absolute Gasteiger partial charge is 0.481 e. The van der Waals surface area contributed by atoms with E-state index in [1.165, 1.54) is 7.11 Å². The number of nitrogens with zero attached hydrogens (tertiary/aromatic N) is 2. The maximum absolute atomic E-state index is 13.0. The molecular weight excluding hydrogens is 308 g/mol. The maximum Gasteiger partial charge on any atom is 0.313 e. The van der Waals surface area contributed by atoms with Crippen molar-refractivity contribution in [3.8, 4) is 0 Å². The first-order valence-electron chi connectivity index (χ1n) is 7.93. The number of benzene rings is 1. The highest BCUT2D eigenvalue weighted by atomic mass is 16.5. The molecule has 0 saturated carbocycles. The van der Waals surface area contributed by atoms with E-state index in [1.807, 2.05) is 24.3 Å². The van der Waals surface area contributed by atoms with Gasteiger partial charge in [0, 0.05) is 31.8 Å². The summed E-state index contributed by atoms with van der Waals surface area (Å²) in [6.07, 6.45) is 2.80. The number of methoxy groups -OCH3 is 1. The van der Waals surface area contributed by atoms with Crippen molar-refractivity contribution in [2.24, 2.45) is 5.41 Å². The molecule has 1 N–H and O–H groups in total. The van der Waals surface area contributed by atoms with Crippen LogP contribution in [0.5, 0.6) is 0 Å². The van der Waals surface area contributed by atoms with Crippen LogP contribution < -0.4 is 0 Å². The van der Waals surface area contributed by atoms with Gasteiger partial charge in [-0.15, -0.1) is 0 Å². The second kappa shape index (κ2) is 6.57. The quantitative estimate of drug-likeness (QED) is 0.930. The Hall–Kier alpha value is -2.47. The predicted molar refractivity (Wildman–Crippen MR) is 88.8 cm³/mol. The number of para-hydroxylation sites is 1. The molecule has 126 valence electrons. The average molecular weight is 328 g/mol. The van der Waals surface area contributed by atoms with E-state index in [0.29, 0.717) is 30.5 Å². The Morgan fingerprint density at radius 3 is 2.88 bits per heavy atom. The van der Waals surface area contributed by atoms with E-state index >= 15 is 0 Å². The van der Waals surface area contributed by atoms with Crippen LogP contribution >= 0.6 is 0 Å². The van der Waals surface area contributed by atoms with Crippen LogP contribution in [0.15, 0.2) is 36.5 Å². The van der Waals surface area contributed by atoms with Gasteiger partial charge in [-0.1, -0.05) is 18.2 Å². The van der Waals surface area contributed by atoms with Gasteiger partial charge in [-0.25, -0.2) is 0 Å². The van der Waals surface area contributed by atoms with Gasteiger partial charge in [0.25, 0.3) is 5.91 Å². The standard InChI is InChI=1S/C18H20N2O4/c1-24-12-18(17(22)23)8-4-10-20(11-18)16(21)14-7-2-5-13-6-3-9-19-15(13)14/h2-3,5-7,9H,4,8,10-12H2,1H3,(H,22,23). The number of amides is 1. The number of hydrogen-bond donors (Lipinski definition) is 1. The normalized spacial score (nSPS) is 21.0. The van der Waals surface area contributed by atoms with E-state index in [9.17, 15) is 14.7 Å². The van der Waals surface area contributed by atoms with E-state index in [0.717, 1.165) is 5.39 Å². The van der Waals surface area contributed by atoms with Crippen molar-refractivity contribution >= 4 is 22.8 Å². The van der Waals surface area contributed by atoms with Gasteiger partial charge in [0.05, 0.1) is 17.7 Å². The molecule has 6 heteroatoms. The van der Waals surface area contributed by atoms with Crippen molar-refractivity contribution in [3.05, 3.63) is 42.1 Å². The summed E-state index contributed by atoms with van der Waals surface area (Å²) in [5.41, 5.74) is 0.107. The van der Waals surface area contributed by atoms with Gasteiger partial charge in [0.2, 0.25) is 0 Å². The number of piperidine rings is 1. The van der Waals surface area contributed by atoms with Crippen molar-refractivity contribution in [1.82, 2.24) is 9.88 Å². The zero-order chi connectivity index (χ0) is 17.2. The summed E-state index contributed by atoms with van der Waals surface area (Å²) in [5, 5.41) is 10.5. The SMILES string of the molecule is COCC1(C(=O)O)CCCN(C(=O)c2cccc3cccnc23)C1. The van der Waals surface area contributed by atoms with Crippen LogP contribution in [0, 0.1) is 5.41 Å². The molecule has 2 heterocycles. The van der Waals surface area contributed by atoms with Crippen molar-refractivity contribution in [2.45, 2.75) is 12.8 Å². The number of pyridine rings is 1. The monoisotopic (exact) mass is 328 g/mol. The minimum absolute atomic E-state index is 0.0971. The Kier molecular flexibility index (Phi) is 4.49. The molecule has 1 aromatic carbocycles. The number of hydrogen-bond acceptors (Lipinski definition) is 4. The third-order valence-electron chi connectivity index (χ3n) is 4.60. The number of carbonyl (C=O) groups excluding carboxylic acids is 1. The highest BCUT2D eigenvalue weighted by Gasteiger charge is 2.44. The smallest absolute Gasteiger partial charge is 0.313 e. The van der Waals surface area contributed by atoms with Crippen molar-refractivity contribution in [3.63, 3.8) is 0 Å². The fourth-order valence-corrected chi connectivity index (χ4v) is 3.38. The summed E-state index contributed by atoms with van der Waals surface area (Å²) in [6, 6.07) is 9.20. The maximum atomic E-state index is 13.0. The van der Waals surface area contributed by atoms with E-state index in [4.69, 9.17) is 4.74 Å². The first-order valence-corrected chi connectivity index (χ1v) is 7.93. The topological polar surface area (TPSA) is 79.7 Å². The van der Waals surface area contributed by atoms with E-state index in [1.54, 1.807) is 17.2 Å². The molecule has 2 aromatic rings. The lowest BCUT2D eigenvalue weighted by Crippen LogP contribution is -2.52. The average Bonchev–Trinajstić information content (AvgIpc) is 2.61. The molecule has 1 saturated heterocycles. The third kappa shape index (κ3) is 2.85. The molecule has 1 fully saturated rings.